The lowest BCUT2D eigenvalue weighted by Gasteiger charge is -2.07. The van der Waals surface area contributed by atoms with Gasteiger partial charge in [-0.1, -0.05) is 0 Å². The van der Waals surface area contributed by atoms with Crippen LogP contribution in [0.3, 0.4) is 0 Å². The van der Waals surface area contributed by atoms with Crippen LogP contribution in [-0.2, 0) is 6.18 Å². The van der Waals surface area contributed by atoms with Crippen molar-refractivity contribution in [2.24, 2.45) is 0 Å². The van der Waals surface area contributed by atoms with Crippen LogP contribution in [0.15, 0.2) is 46.9 Å². The van der Waals surface area contributed by atoms with Gasteiger partial charge < -0.3 is 15.0 Å². The van der Waals surface area contributed by atoms with E-state index in [0.29, 0.717) is 34.6 Å². The molecule has 0 unspecified atom stereocenters. The van der Waals surface area contributed by atoms with Gasteiger partial charge in [-0.15, -0.1) is 0 Å². The molecular weight excluding hydrogens is 463 g/mol. The second-order valence-corrected chi connectivity index (χ2v) is 7.44. The van der Waals surface area contributed by atoms with Crippen LogP contribution in [0.2, 0.25) is 0 Å². The van der Waals surface area contributed by atoms with E-state index in [1.165, 1.54) is 0 Å². The summed E-state index contributed by atoms with van der Waals surface area (Å²) in [6, 6.07) is 10.8. The average molecular weight is 478 g/mol. The summed E-state index contributed by atoms with van der Waals surface area (Å²) in [5.41, 5.74) is 1.41. The van der Waals surface area contributed by atoms with Crippen LogP contribution in [0.1, 0.15) is 17.1 Å². The zero-order chi connectivity index (χ0) is 21.5. The number of aryl methyl sites for hydroxylation is 2. The first-order valence-corrected chi connectivity index (χ1v) is 9.60. The van der Waals surface area contributed by atoms with Gasteiger partial charge in [0, 0.05) is 21.9 Å². The summed E-state index contributed by atoms with van der Waals surface area (Å²) in [6.07, 6.45) is -4.44. The van der Waals surface area contributed by atoms with Gasteiger partial charge in [-0.05, 0) is 66.2 Å². The number of hydrogen-bond donors (Lipinski definition) is 2. The summed E-state index contributed by atoms with van der Waals surface area (Å²) < 4.78 is 45.0. The van der Waals surface area contributed by atoms with E-state index < -0.39 is 11.7 Å². The fraction of sp³-hybridized carbons (Fsp3) is 0.150. The van der Waals surface area contributed by atoms with Crippen LogP contribution in [0, 0.1) is 13.8 Å². The van der Waals surface area contributed by atoms with Gasteiger partial charge in [-0.3, -0.25) is 0 Å². The van der Waals surface area contributed by atoms with E-state index in [9.17, 15) is 13.2 Å². The molecule has 4 aromatic rings. The molecular formula is C20H15BrF3N5O. The number of aromatic nitrogens is 4. The molecule has 0 saturated carbocycles. The molecule has 0 radical (unpaired) electrons. The molecule has 2 aromatic heterocycles. The van der Waals surface area contributed by atoms with Gasteiger partial charge in [0.25, 0.3) is 0 Å². The maximum absolute atomic E-state index is 13.0. The number of anilines is 2. The van der Waals surface area contributed by atoms with Crippen LogP contribution in [0.5, 0.6) is 11.6 Å². The normalized spacial score (nSPS) is 11.7. The lowest BCUT2D eigenvalue weighted by atomic mass is 10.2. The zero-order valence-electron chi connectivity index (χ0n) is 15.8. The number of nitrogens with zero attached hydrogens (tertiary/aromatic N) is 3. The molecule has 0 aliphatic rings. The third-order valence-electron chi connectivity index (χ3n) is 4.15. The topological polar surface area (TPSA) is 75.7 Å². The van der Waals surface area contributed by atoms with E-state index >= 15 is 0 Å². The van der Waals surface area contributed by atoms with Gasteiger partial charge >= 0.3 is 6.18 Å². The molecule has 0 saturated heterocycles. The molecule has 2 aromatic carbocycles. The van der Waals surface area contributed by atoms with E-state index in [0.717, 1.165) is 17.8 Å². The first kappa shape index (κ1) is 20.1. The van der Waals surface area contributed by atoms with Crippen molar-refractivity contribution in [1.29, 1.82) is 0 Å². The Hall–Kier alpha value is -3.14. The van der Waals surface area contributed by atoms with E-state index in [-0.39, 0.29) is 9.99 Å². The Balaban J connectivity index is 1.53. The molecule has 2 N–H and O–H groups in total. The molecule has 2 heterocycles. The number of alkyl halides is 3. The minimum atomic E-state index is -4.44. The van der Waals surface area contributed by atoms with Crippen LogP contribution >= 0.6 is 15.9 Å². The summed E-state index contributed by atoms with van der Waals surface area (Å²) in [5.74, 6) is 1.97. The summed E-state index contributed by atoms with van der Waals surface area (Å²) in [7, 11) is 0. The molecule has 4 rings (SSSR count). The van der Waals surface area contributed by atoms with Crippen molar-refractivity contribution < 1.29 is 17.9 Å². The van der Waals surface area contributed by atoms with E-state index in [1.807, 2.05) is 6.92 Å². The summed E-state index contributed by atoms with van der Waals surface area (Å²) >= 11 is 3.15. The Morgan fingerprint density at radius 1 is 1.00 bits per heavy atom. The lowest BCUT2D eigenvalue weighted by Crippen LogP contribution is -2.04. The Labute approximate surface area is 177 Å². The third kappa shape index (κ3) is 4.38. The number of aromatic amines is 1. The molecule has 0 fully saturated rings. The SMILES string of the molecule is Cc1cc(Oc2ccc(Nc3nc4c(Br)cc(C(F)(F)F)cc4[nH]3)cc2)nc(C)n1. The Bertz CT molecular complexity index is 1200. The average Bonchev–Trinajstić information content (AvgIpc) is 3.05. The number of imidazole rings is 1. The van der Waals surface area contributed by atoms with E-state index in [4.69, 9.17) is 4.74 Å². The fourth-order valence-corrected chi connectivity index (χ4v) is 3.45. The summed E-state index contributed by atoms with van der Waals surface area (Å²) in [4.78, 5) is 15.6. The lowest BCUT2D eigenvalue weighted by molar-refractivity contribution is -0.137. The standard InChI is InChI=1S/C20H15BrF3N5O/c1-10-7-17(26-11(2)25-10)30-14-5-3-13(4-6-14)27-19-28-16-9-12(20(22,23)24)8-15(21)18(16)29-19/h3-9H,1-2H3,(H2,27,28,29). The predicted molar refractivity (Wildman–Crippen MR) is 110 cm³/mol. The Morgan fingerprint density at radius 2 is 1.73 bits per heavy atom. The highest BCUT2D eigenvalue weighted by Gasteiger charge is 2.31. The number of hydrogen-bond acceptors (Lipinski definition) is 5. The maximum Gasteiger partial charge on any atom is 0.416 e. The number of rotatable bonds is 4. The van der Waals surface area contributed by atoms with Gasteiger partial charge in [0.2, 0.25) is 11.8 Å². The molecule has 0 aliphatic carbocycles. The van der Waals surface area contributed by atoms with Crippen LogP contribution in [0.4, 0.5) is 24.8 Å². The highest BCUT2D eigenvalue weighted by Crippen LogP contribution is 2.35. The quantitative estimate of drug-likeness (QED) is 0.361. The first-order valence-electron chi connectivity index (χ1n) is 8.81. The molecule has 154 valence electrons. The van der Waals surface area contributed by atoms with Crippen molar-refractivity contribution in [2.45, 2.75) is 20.0 Å². The second kappa shape index (κ2) is 7.60. The maximum atomic E-state index is 13.0. The third-order valence-corrected chi connectivity index (χ3v) is 4.75. The summed E-state index contributed by atoms with van der Waals surface area (Å²) in [6.45, 7) is 3.65. The number of nitrogens with one attached hydrogen (secondary N) is 2. The van der Waals surface area contributed by atoms with Crippen LogP contribution in [-0.4, -0.2) is 19.9 Å². The number of ether oxygens (including phenoxy) is 1. The van der Waals surface area contributed by atoms with Crippen molar-refractivity contribution in [2.75, 3.05) is 5.32 Å². The smallest absolute Gasteiger partial charge is 0.416 e. The molecule has 0 bridgehead atoms. The fourth-order valence-electron chi connectivity index (χ4n) is 2.90. The zero-order valence-corrected chi connectivity index (χ0v) is 17.4. The Kier molecular flexibility index (Phi) is 5.10. The van der Waals surface area contributed by atoms with Gasteiger partial charge in [-0.25, -0.2) is 9.97 Å². The molecule has 0 spiro atoms. The highest BCUT2D eigenvalue weighted by molar-refractivity contribution is 9.10. The predicted octanol–water partition coefficient (Wildman–Crippen LogP) is 6.29. The van der Waals surface area contributed by atoms with E-state index in [1.54, 1.807) is 37.3 Å². The van der Waals surface area contributed by atoms with Crippen molar-refractivity contribution in [3.63, 3.8) is 0 Å². The minimum Gasteiger partial charge on any atom is -0.439 e. The minimum absolute atomic E-state index is 0.260. The van der Waals surface area contributed by atoms with E-state index in [2.05, 4.69) is 41.2 Å². The van der Waals surface area contributed by atoms with Gasteiger partial charge in [-0.2, -0.15) is 18.2 Å². The second-order valence-electron chi connectivity index (χ2n) is 6.58. The number of benzene rings is 2. The van der Waals surface area contributed by atoms with Gasteiger partial charge in [0.1, 0.15) is 17.1 Å². The van der Waals surface area contributed by atoms with Gasteiger partial charge in [0.05, 0.1) is 11.1 Å². The molecule has 0 aliphatic heterocycles. The monoisotopic (exact) mass is 477 g/mol. The molecule has 0 amide bonds. The molecule has 30 heavy (non-hydrogen) atoms. The largest absolute Gasteiger partial charge is 0.439 e. The molecule has 6 nitrogen and oxygen atoms in total. The molecule has 10 heteroatoms. The van der Waals surface area contributed by atoms with Crippen molar-refractivity contribution in [1.82, 2.24) is 19.9 Å². The van der Waals surface area contributed by atoms with Crippen LogP contribution in [0.25, 0.3) is 11.0 Å². The van der Waals surface area contributed by atoms with Crippen LogP contribution < -0.4 is 10.1 Å². The number of fused-ring (bicyclic) bond motifs is 1. The van der Waals surface area contributed by atoms with Crippen molar-refractivity contribution >= 4 is 38.6 Å². The molecule has 0 atom stereocenters. The number of halogens is 4. The van der Waals surface area contributed by atoms with Crippen molar-refractivity contribution in [3.05, 3.63) is 64.0 Å². The van der Waals surface area contributed by atoms with Gasteiger partial charge in [0.15, 0.2) is 0 Å². The van der Waals surface area contributed by atoms with Crippen molar-refractivity contribution in [3.8, 4) is 11.6 Å². The summed E-state index contributed by atoms with van der Waals surface area (Å²) in [5, 5.41) is 3.04. The number of H-pyrrole nitrogens is 1. The first-order chi connectivity index (χ1) is 14.2. The Morgan fingerprint density at radius 3 is 2.40 bits per heavy atom. The highest BCUT2D eigenvalue weighted by atomic mass is 79.9.